The molecule has 1 aromatic carbocycles. The van der Waals surface area contributed by atoms with Crippen LogP contribution in [0, 0.1) is 22.7 Å². The maximum Gasteiger partial charge on any atom is 0.237 e. The van der Waals surface area contributed by atoms with Crippen LogP contribution < -0.4 is 5.43 Å². The minimum Gasteiger partial charge on any atom is -0.275 e. The van der Waals surface area contributed by atoms with E-state index in [0.29, 0.717) is 0 Å². The molecule has 0 aliphatic heterocycles. The topological polar surface area (TPSA) is 72.0 Å². The standard InChI is InChI=1S/C9H2Cl4N4/c10-5-1-6(8(12)9(13)7(5)11)17-16-4(2-14)3-15/h1,17H. The van der Waals surface area contributed by atoms with Crippen molar-refractivity contribution >= 4 is 57.8 Å². The van der Waals surface area contributed by atoms with Gasteiger partial charge in [-0.3, -0.25) is 5.43 Å². The average molecular weight is 308 g/mol. The van der Waals surface area contributed by atoms with Crippen LogP contribution in [0.15, 0.2) is 11.2 Å². The average Bonchev–Trinajstić information content (AvgIpc) is 2.33. The number of halogens is 4. The highest BCUT2D eigenvalue weighted by atomic mass is 35.5. The summed E-state index contributed by atoms with van der Waals surface area (Å²) in [6.45, 7) is 0. The highest BCUT2D eigenvalue weighted by Gasteiger charge is 2.12. The molecule has 4 nitrogen and oxygen atoms in total. The smallest absolute Gasteiger partial charge is 0.237 e. The van der Waals surface area contributed by atoms with Crippen molar-refractivity contribution in [3.63, 3.8) is 0 Å². The normalized spacial score (nSPS) is 9.06. The van der Waals surface area contributed by atoms with Crippen molar-refractivity contribution in [2.24, 2.45) is 5.10 Å². The number of nitrogens with zero attached hydrogens (tertiary/aromatic N) is 3. The van der Waals surface area contributed by atoms with Gasteiger partial charge in [-0.2, -0.15) is 15.6 Å². The van der Waals surface area contributed by atoms with Gasteiger partial charge in [0.05, 0.1) is 25.8 Å². The molecule has 0 heterocycles. The maximum atomic E-state index is 8.48. The first-order chi connectivity index (χ1) is 8.01. The lowest BCUT2D eigenvalue weighted by atomic mass is 10.3. The largest absolute Gasteiger partial charge is 0.275 e. The lowest BCUT2D eigenvalue weighted by molar-refractivity contribution is 1.34. The molecule has 0 fully saturated rings. The van der Waals surface area contributed by atoms with Crippen molar-refractivity contribution < 1.29 is 0 Å². The minimum absolute atomic E-state index is 0.0639. The molecule has 0 bridgehead atoms. The lowest BCUT2D eigenvalue weighted by Crippen LogP contribution is -1.97. The Labute approximate surface area is 117 Å². The molecule has 0 saturated carbocycles. The Morgan fingerprint density at radius 3 is 2.18 bits per heavy atom. The second-order valence-electron chi connectivity index (χ2n) is 2.64. The van der Waals surface area contributed by atoms with Crippen LogP contribution in [0.5, 0.6) is 0 Å². The number of anilines is 1. The zero-order valence-electron chi connectivity index (χ0n) is 7.93. The number of hydrazone groups is 1. The van der Waals surface area contributed by atoms with Crippen LogP contribution in [0.4, 0.5) is 5.69 Å². The van der Waals surface area contributed by atoms with E-state index >= 15 is 0 Å². The molecule has 0 radical (unpaired) electrons. The summed E-state index contributed by atoms with van der Waals surface area (Å²) in [5.74, 6) is 0. The van der Waals surface area contributed by atoms with Crippen molar-refractivity contribution in [3.8, 4) is 12.1 Å². The first-order valence-corrected chi connectivity index (χ1v) is 5.49. The van der Waals surface area contributed by atoms with Gasteiger partial charge in [-0.15, -0.1) is 0 Å². The second kappa shape index (κ2) is 5.95. The van der Waals surface area contributed by atoms with Crippen molar-refractivity contribution in [2.45, 2.75) is 0 Å². The van der Waals surface area contributed by atoms with Gasteiger partial charge in [-0.05, 0) is 6.07 Å². The molecule has 0 aliphatic rings. The Bertz CT molecular complexity index is 552. The molecule has 0 saturated heterocycles. The SMILES string of the molecule is N#CC(C#N)=NNc1cc(Cl)c(Cl)c(Cl)c1Cl. The summed E-state index contributed by atoms with van der Waals surface area (Å²) in [5.41, 5.74) is 2.29. The van der Waals surface area contributed by atoms with Gasteiger partial charge in [-0.25, -0.2) is 0 Å². The third kappa shape index (κ3) is 3.15. The summed E-state index contributed by atoms with van der Waals surface area (Å²) >= 11 is 23.2. The van der Waals surface area contributed by atoms with E-state index in [1.807, 2.05) is 0 Å². The van der Waals surface area contributed by atoms with Crippen molar-refractivity contribution in [1.82, 2.24) is 0 Å². The van der Waals surface area contributed by atoms with E-state index in [4.69, 9.17) is 56.9 Å². The van der Waals surface area contributed by atoms with E-state index in [1.54, 1.807) is 12.1 Å². The van der Waals surface area contributed by atoms with Gasteiger partial charge in [0.2, 0.25) is 5.71 Å². The number of rotatable bonds is 2. The highest BCUT2D eigenvalue weighted by molar-refractivity contribution is 6.52. The van der Waals surface area contributed by atoms with Gasteiger partial charge in [0, 0.05) is 0 Å². The van der Waals surface area contributed by atoms with Crippen LogP contribution >= 0.6 is 46.4 Å². The molecular weight excluding hydrogens is 306 g/mol. The molecule has 0 amide bonds. The number of hydrogen-bond acceptors (Lipinski definition) is 4. The van der Waals surface area contributed by atoms with E-state index in [1.165, 1.54) is 6.07 Å². The Hall–Kier alpha value is -1.17. The highest BCUT2D eigenvalue weighted by Crippen LogP contribution is 2.40. The van der Waals surface area contributed by atoms with Crippen LogP contribution in [-0.2, 0) is 0 Å². The first kappa shape index (κ1) is 13.9. The first-order valence-electron chi connectivity index (χ1n) is 3.98. The number of nitrogens with one attached hydrogen (secondary N) is 1. The van der Waals surface area contributed by atoms with Crippen molar-refractivity contribution in [2.75, 3.05) is 5.43 Å². The molecule has 0 atom stereocenters. The zero-order valence-corrected chi connectivity index (χ0v) is 11.0. The molecule has 8 heteroatoms. The van der Waals surface area contributed by atoms with E-state index in [0.717, 1.165) is 0 Å². The van der Waals surface area contributed by atoms with Gasteiger partial charge in [-0.1, -0.05) is 46.4 Å². The molecule has 0 unspecified atom stereocenters. The summed E-state index contributed by atoms with van der Waals surface area (Å²) in [5, 5.41) is 20.9. The zero-order chi connectivity index (χ0) is 13.0. The molecule has 86 valence electrons. The fourth-order valence-electron chi connectivity index (χ4n) is 0.845. The van der Waals surface area contributed by atoms with Crippen LogP contribution in [0.25, 0.3) is 0 Å². The number of hydrogen-bond donors (Lipinski definition) is 1. The van der Waals surface area contributed by atoms with Gasteiger partial charge in [0.15, 0.2) is 0 Å². The minimum atomic E-state index is -0.358. The monoisotopic (exact) mass is 306 g/mol. The fourth-order valence-corrected chi connectivity index (χ4v) is 1.69. The summed E-state index contributed by atoms with van der Waals surface area (Å²) in [7, 11) is 0. The Morgan fingerprint density at radius 1 is 1.06 bits per heavy atom. The molecular formula is C9H2Cl4N4. The second-order valence-corrected chi connectivity index (χ2v) is 4.18. The predicted octanol–water partition coefficient (Wildman–Crippen LogP) is 4.12. The van der Waals surface area contributed by atoms with Gasteiger partial charge in [0.25, 0.3) is 0 Å². The maximum absolute atomic E-state index is 8.48. The summed E-state index contributed by atoms with van der Waals surface area (Å²) in [4.78, 5) is 0. The van der Waals surface area contributed by atoms with Crippen LogP contribution in [0.1, 0.15) is 0 Å². The molecule has 1 rings (SSSR count). The van der Waals surface area contributed by atoms with Crippen LogP contribution in [0.3, 0.4) is 0 Å². The summed E-state index contributed by atoms with van der Waals surface area (Å²) < 4.78 is 0. The van der Waals surface area contributed by atoms with E-state index in [9.17, 15) is 0 Å². The summed E-state index contributed by atoms with van der Waals surface area (Å²) in [6.07, 6.45) is 0. The van der Waals surface area contributed by atoms with Crippen LogP contribution in [0.2, 0.25) is 20.1 Å². The van der Waals surface area contributed by atoms with E-state index in [-0.39, 0.29) is 31.5 Å². The number of nitriles is 2. The third-order valence-corrected chi connectivity index (χ3v) is 3.35. The molecule has 17 heavy (non-hydrogen) atoms. The summed E-state index contributed by atoms with van der Waals surface area (Å²) in [6, 6.07) is 4.53. The molecule has 0 aliphatic carbocycles. The quantitative estimate of drug-likeness (QED) is 0.387. The molecule has 1 aromatic rings. The fraction of sp³-hybridized carbons (Fsp3) is 0. The van der Waals surface area contributed by atoms with Gasteiger partial charge >= 0.3 is 0 Å². The Kier molecular flexibility index (Phi) is 4.86. The van der Waals surface area contributed by atoms with Crippen molar-refractivity contribution in [1.29, 1.82) is 10.5 Å². The number of benzene rings is 1. The molecule has 0 aromatic heterocycles. The van der Waals surface area contributed by atoms with E-state index < -0.39 is 0 Å². The lowest BCUT2D eigenvalue weighted by Gasteiger charge is -2.07. The van der Waals surface area contributed by atoms with Crippen LogP contribution in [-0.4, -0.2) is 5.71 Å². The van der Waals surface area contributed by atoms with E-state index in [2.05, 4.69) is 10.5 Å². The van der Waals surface area contributed by atoms with Gasteiger partial charge in [0.1, 0.15) is 12.1 Å². The molecule has 0 spiro atoms. The Balaban J connectivity index is 3.15. The predicted molar refractivity (Wildman–Crippen MR) is 68.8 cm³/mol. The third-order valence-electron chi connectivity index (χ3n) is 1.60. The van der Waals surface area contributed by atoms with Crippen molar-refractivity contribution in [3.05, 3.63) is 26.2 Å². The van der Waals surface area contributed by atoms with Gasteiger partial charge < -0.3 is 0 Å². The Morgan fingerprint density at radius 2 is 1.65 bits per heavy atom. The molecule has 1 N–H and O–H groups in total.